The summed E-state index contributed by atoms with van der Waals surface area (Å²) in [6, 6.07) is 10.8. The van der Waals surface area contributed by atoms with Crippen LogP contribution in [0.3, 0.4) is 0 Å². The summed E-state index contributed by atoms with van der Waals surface area (Å²) in [5.41, 5.74) is 0.424. The van der Waals surface area contributed by atoms with Crippen molar-refractivity contribution in [2.24, 2.45) is 0 Å². The summed E-state index contributed by atoms with van der Waals surface area (Å²) < 4.78 is 32.3. The van der Waals surface area contributed by atoms with E-state index >= 15 is 0 Å². The van der Waals surface area contributed by atoms with Crippen molar-refractivity contribution in [1.82, 2.24) is 9.97 Å². The lowest BCUT2D eigenvalue weighted by Gasteiger charge is -2.08. The van der Waals surface area contributed by atoms with E-state index in [1.54, 1.807) is 7.11 Å². The predicted molar refractivity (Wildman–Crippen MR) is 96.7 cm³/mol. The number of amides is 1. The Morgan fingerprint density at radius 3 is 2.33 bits per heavy atom. The number of rotatable bonds is 6. The Labute approximate surface area is 154 Å². The minimum Gasteiger partial charge on any atom is -0.497 e. The summed E-state index contributed by atoms with van der Waals surface area (Å²) in [5.74, 6) is -1.27. The third-order valence-electron chi connectivity index (χ3n) is 3.72. The van der Waals surface area contributed by atoms with Crippen molar-refractivity contribution in [2.75, 3.05) is 17.7 Å². The van der Waals surface area contributed by atoms with E-state index in [4.69, 9.17) is 4.74 Å². The smallest absolute Gasteiger partial charge is 0.276 e. The van der Waals surface area contributed by atoms with E-state index in [2.05, 4.69) is 20.6 Å². The van der Waals surface area contributed by atoms with E-state index in [9.17, 15) is 13.6 Å². The number of anilines is 2. The average molecular weight is 370 g/mol. The number of nitrogens with one attached hydrogen (secondary N) is 2. The summed E-state index contributed by atoms with van der Waals surface area (Å²) in [7, 11) is 1.60. The van der Waals surface area contributed by atoms with Crippen LogP contribution in [0, 0.1) is 11.6 Å². The number of benzene rings is 2. The molecule has 3 rings (SSSR count). The highest BCUT2D eigenvalue weighted by Crippen LogP contribution is 2.18. The van der Waals surface area contributed by atoms with Crippen molar-refractivity contribution in [3.05, 3.63) is 77.8 Å². The fraction of sp³-hybridized carbons (Fsp3) is 0.105. The van der Waals surface area contributed by atoms with Gasteiger partial charge in [-0.1, -0.05) is 18.2 Å². The van der Waals surface area contributed by atoms with Gasteiger partial charge in [-0.2, -0.15) is 0 Å². The first-order valence-electron chi connectivity index (χ1n) is 8.01. The molecule has 2 N–H and O–H groups in total. The van der Waals surface area contributed by atoms with Crippen LogP contribution in [0.15, 0.2) is 54.9 Å². The molecule has 27 heavy (non-hydrogen) atoms. The summed E-state index contributed by atoms with van der Waals surface area (Å²) in [6.07, 6.45) is 2.60. The Morgan fingerprint density at radius 1 is 1.04 bits per heavy atom. The lowest BCUT2D eigenvalue weighted by molar-refractivity contribution is 0.102. The van der Waals surface area contributed by atoms with Gasteiger partial charge in [0, 0.05) is 6.54 Å². The van der Waals surface area contributed by atoms with Crippen molar-refractivity contribution < 1.29 is 18.3 Å². The Balaban J connectivity index is 1.61. The van der Waals surface area contributed by atoms with Gasteiger partial charge in [-0.05, 0) is 29.8 Å². The average Bonchev–Trinajstić information content (AvgIpc) is 2.70. The molecule has 2 aromatic carbocycles. The molecule has 0 radical (unpaired) electrons. The first-order chi connectivity index (χ1) is 13.1. The number of methoxy groups -OCH3 is 1. The fourth-order valence-corrected chi connectivity index (χ4v) is 2.27. The molecule has 0 fully saturated rings. The maximum Gasteiger partial charge on any atom is 0.276 e. The third-order valence-corrected chi connectivity index (χ3v) is 3.72. The van der Waals surface area contributed by atoms with Crippen LogP contribution in [0.4, 0.5) is 20.3 Å². The normalized spacial score (nSPS) is 10.3. The molecule has 1 aromatic heterocycles. The van der Waals surface area contributed by atoms with Crippen molar-refractivity contribution in [2.45, 2.75) is 6.54 Å². The topological polar surface area (TPSA) is 76.1 Å². The van der Waals surface area contributed by atoms with Gasteiger partial charge in [0.15, 0.2) is 0 Å². The zero-order valence-electron chi connectivity index (χ0n) is 14.4. The molecule has 0 aliphatic rings. The highest BCUT2D eigenvalue weighted by atomic mass is 19.1. The van der Waals surface area contributed by atoms with Crippen molar-refractivity contribution >= 4 is 17.4 Å². The largest absolute Gasteiger partial charge is 0.497 e. The number of aromatic nitrogens is 2. The van der Waals surface area contributed by atoms with Crippen LogP contribution < -0.4 is 15.4 Å². The number of nitrogens with zero attached hydrogens (tertiary/aromatic N) is 2. The lowest BCUT2D eigenvalue weighted by atomic mass is 10.2. The van der Waals surface area contributed by atoms with E-state index in [0.717, 1.165) is 23.4 Å². The quantitative estimate of drug-likeness (QED) is 0.693. The SMILES string of the molecule is COc1ccc(CNc2cnc(C(=O)Nc3c(F)cccc3F)cn2)cc1. The first kappa shape index (κ1) is 18.2. The zero-order chi connectivity index (χ0) is 19.2. The van der Waals surface area contributed by atoms with Crippen LogP contribution >= 0.6 is 0 Å². The molecule has 0 aliphatic heterocycles. The van der Waals surface area contributed by atoms with Crippen molar-refractivity contribution in [3.8, 4) is 5.75 Å². The van der Waals surface area contributed by atoms with Gasteiger partial charge < -0.3 is 15.4 Å². The van der Waals surface area contributed by atoms with Crippen molar-refractivity contribution in [1.29, 1.82) is 0 Å². The Morgan fingerprint density at radius 2 is 1.74 bits per heavy atom. The number of para-hydroxylation sites is 1. The molecule has 3 aromatic rings. The zero-order valence-corrected chi connectivity index (χ0v) is 14.4. The number of carbonyl (C=O) groups is 1. The molecule has 0 unspecified atom stereocenters. The first-order valence-corrected chi connectivity index (χ1v) is 8.01. The standard InChI is InChI=1S/C19H16F2N4O2/c1-27-13-7-5-12(6-8-13)9-23-17-11-22-16(10-24-17)19(26)25-18-14(20)3-2-4-15(18)21/h2-8,10-11H,9H2,1H3,(H,23,24)(H,25,26). The van der Waals surface area contributed by atoms with E-state index in [0.29, 0.717) is 12.4 Å². The maximum absolute atomic E-state index is 13.6. The Kier molecular flexibility index (Phi) is 5.55. The van der Waals surface area contributed by atoms with Crippen LogP contribution in [0.1, 0.15) is 16.1 Å². The second-order valence-electron chi connectivity index (χ2n) is 5.54. The lowest BCUT2D eigenvalue weighted by Crippen LogP contribution is -2.16. The van der Waals surface area contributed by atoms with Gasteiger partial charge >= 0.3 is 0 Å². The van der Waals surface area contributed by atoms with Gasteiger partial charge in [0.05, 0.1) is 19.5 Å². The number of hydrogen-bond acceptors (Lipinski definition) is 5. The second kappa shape index (κ2) is 8.22. The van der Waals surface area contributed by atoms with E-state index in [1.807, 2.05) is 24.3 Å². The molecule has 8 heteroatoms. The molecule has 138 valence electrons. The molecule has 6 nitrogen and oxygen atoms in total. The molecule has 0 atom stereocenters. The van der Waals surface area contributed by atoms with E-state index in [-0.39, 0.29) is 5.69 Å². The van der Waals surface area contributed by atoms with Gasteiger partial charge in [-0.3, -0.25) is 4.79 Å². The molecule has 1 heterocycles. The fourth-order valence-electron chi connectivity index (χ4n) is 2.27. The molecule has 0 spiro atoms. The molecule has 0 saturated heterocycles. The highest BCUT2D eigenvalue weighted by Gasteiger charge is 2.14. The Hall–Kier alpha value is -3.55. The molecule has 1 amide bonds. The molecular weight excluding hydrogens is 354 g/mol. The van der Waals surface area contributed by atoms with Crippen molar-refractivity contribution in [3.63, 3.8) is 0 Å². The number of halogens is 2. The number of hydrogen-bond donors (Lipinski definition) is 2. The van der Waals surface area contributed by atoms with Gasteiger partial charge in [-0.15, -0.1) is 0 Å². The summed E-state index contributed by atoms with van der Waals surface area (Å²) in [6.45, 7) is 0.505. The van der Waals surface area contributed by atoms with Crippen LogP contribution in [-0.4, -0.2) is 23.0 Å². The molecule has 0 aliphatic carbocycles. The van der Waals surface area contributed by atoms with Gasteiger partial charge in [0.2, 0.25) is 0 Å². The van der Waals surface area contributed by atoms with Gasteiger partial charge in [0.1, 0.15) is 34.6 Å². The maximum atomic E-state index is 13.6. The van der Waals surface area contributed by atoms with Crippen LogP contribution in [0.25, 0.3) is 0 Å². The van der Waals surface area contributed by atoms with Gasteiger partial charge in [-0.25, -0.2) is 18.7 Å². The van der Waals surface area contributed by atoms with Gasteiger partial charge in [0.25, 0.3) is 5.91 Å². The summed E-state index contributed by atoms with van der Waals surface area (Å²) in [5, 5.41) is 5.23. The van der Waals surface area contributed by atoms with E-state index in [1.165, 1.54) is 18.5 Å². The molecule has 0 saturated carbocycles. The minimum atomic E-state index is -0.867. The summed E-state index contributed by atoms with van der Waals surface area (Å²) >= 11 is 0. The molecular formula is C19H16F2N4O2. The van der Waals surface area contributed by atoms with Crippen LogP contribution in [0.5, 0.6) is 5.75 Å². The minimum absolute atomic E-state index is 0.0624. The molecule has 0 bridgehead atoms. The van der Waals surface area contributed by atoms with Crippen LogP contribution in [-0.2, 0) is 6.54 Å². The third kappa shape index (κ3) is 4.55. The monoisotopic (exact) mass is 370 g/mol. The van der Waals surface area contributed by atoms with E-state index < -0.39 is 23.2 Å². The van der Waals surface area contributed by atoms with Crippen LogP contribution in [0.2, 0.25) is 0 Å². The number of carbonyl (C=O) groups excluding carboxylic acids is 1. The summed E-state index contributed by atoms with van der Waals surface area (Å²) in [4.78, 5) is 20.2. The highest BCUT2D eigenvalue weighted by molar-refractivity contribution is 6.02. The second-order valence-corrected chi connectivity index (χ2v) is 5.54. The Bertz CT molecular complexity index is 911. The predicted octanol–water partition coefficient (Wildman–Crippen LogP) is 3.63. The number of ether oxygens (including phenoxy) is 1.